The Bertz CT molecular complexity index is 1010. The van der Waals surface area contributed by atoms with Gasteiger partial charge in [0.15, 0.2) is 5.16 Å². The molecule has 2 aromatic carbocycles. The van der Waals surface area contributed by atoms with Crippen molar-refractivity contribution in [3.63, 3.8) is 0 Å². The zero-order valence-electron chi connectivity index (χ0n) is 15.1. The summed E-state index contributed by atoms with van der Waals surface area (Å²) in [5.41, 5.74) is 2.41. The third kappa shape index (κ3) is 3.51. The van der Waals surface area contributed by atoms with Gasteiger partial charge in [0.2, 0.25) is 5.91 Å². The molecule has 0 aliphatic rings. The quantitative estimate of drug-likeness (QED) is 0.514. The lowest BCUT2D eigenvalue weighted by Gasteiger charge is -2.16. The van der Waals surface area contributed by atoms with E-state index in [1.807, 2.05) is 42.5 Å². The Morgan fingerprint density at radius 3 is 2.54 bits per heavy atom. The number of benzene rings is 2. The van der Waals surface area contributed by atoms with Crippen molar-refractivity contribution in [3.8, 4) is 5.69 Å². The third-order valence-corrected chi connectivity index (χ3v) is 5.11. The summed E-state index contributed by atoms with van der Waals surface area (Å²) in [7, 11) is 3.44. The summed E-state index contributed by atoms with van der Waals surface area (Å²) < 4.78 is 1.63. The highest BCUT2D eigenvalue weighted by Gasteiger charge is 2.16. The molecule has 0 saturated carbocycles. The molecular weight excluding hydrogens is 346 g/mol. The Labute approximate surface area is 156 Å². The predicted octanol–water partition coefficient (Wildman–Crippen LogP) is 3.13. The van der Waals surface area contributed by atoms with Crippen LogP contribution in [0.5, 0.6) is 0 Å². The van der Waals surface area contributed by atoms with Gasteiger partial charge in [0, 0.05) is 14.1 Å². The number of rotatable bonds is 5. The number of para-hydroxylation sites is 2. The molecule has 0 saturated heterocycles. The minimum Gasteiger partial charge on any atom is -0.348 e. The summed E-state index contributed by atoms with van der Waals surface area (Å²) in [5, 5.41) is 1.10. The van der Waals surface area contributed by atoms with Crippen LogP contribution in [0.25, 0.3) is 16.6 Å². The summed E-state index contributed by atoms with van der Waals surface area (Å²) in [6.45, 7) is 2.06. The fraction of sp³-hybridized carbons (Fsp3) is 0.250. The van der Waals surface area contributed by atoms with Crippen LogP contribution in [0.1, 0.15) is 12.5 Å². The molecule has 26 heavy (non-hydrogen) atoms. The van der Waals surface area contributed by atoms with Crippen LogP contribution < -0.4 is 5.56 Å². The van der Waals surface area contributed by atoms with Crippen molar-refractivity contribution in [2.45, 2.75) is 18.5 Å². The van der Waals surface area contributed by atoms with Crippen molar-refractivity contribution in [2.24, 2.45) is 0 Å². The van der Waals surface area contributed by atoms with Crippen molar-refractivity contribution in [3.05, 3.63) is 64.4 Å². The van der Waals surface area contributed by atoms with E-state index >= 15 is 0 Å². The van der Waals surface area contributed by atoms with Crippen LogP contribution in [-0.4, -0.2) is 40.2 Å². The van der Waals surface area contributed by atoms with Crippen molar-refractivity contribution in [2.75, 3.05) is 19.8 Å². The minimum atomic E-state index is -0.115. The number of carbonyl (C=O) groups excluding carboxylic acids is 1. The first-order valence-electron chi connectivity index (χ1n) is 8.46. The lowest BCUT2D eigenvalue weighted by atomic mass is 10.1. The molecular formula is C20H21N3O2S. The lowest BCUT2D eigenvalue weighted by Crippen LogP contribution is -2.26. The van der Waals surface area contributed by atoms with Gasteiger partial charge in [-0.15, -0.1) is 0 Å². The Balaban J connectivity index is 2.21. The first-order valence-corrected chi connectivity index (χ1v) is 9.44. The van der Waals surface area contributed by atoms with Gasteiger partial charge < -0.3 is 4.90 Å². The van der Waals surface area contributed by atoms with Gasteiger partial charge in [-0.2, -0.15) is 0 Å². The van der Waals surface area contributed by atoms with Crippen molar-refractivity contribution in [1.82, 2.24) is 14.5 Å². The maximum Gasteiger partial charge on any atom is 0.266 e. The summed E-state index contributed by atoms with van der Waals surface area (Å²) in [6, 6.07) is 15.1. The number of amides is 1. The number of aromatic nitrogens is 2. The van der Waals surface area contributed by atoms with Gasteiger partial charge in [0.1, 0.15) is 0 Å². The van der Waals surface area contributed by atoms with E-state index in [4.69, 9.17) is 0 Å². The standard InChI is InChI=1S/C20H21N3O2S/c1-4-14-9-5-8-12-17(14)23-19(25)15-10-6-7-11-16(15)21-20(23)26-13-18(24)22(2)3/h5-12H,4,13H2,1-3H3. The van der Waals surface area contributed by atoms with Crippen LogP contribution in [0.3, 0.4) is 0 Å². The first kappa shape index (κ1) is 18.2. The highest BCUT2D eigenvalue weighted by molar-refractivity contribution is 7.99. The zero-order valence-corrected chi connectivity index (χ0v) is 15.9. The molecule has 0 fully saturated rings. The largest absolute Gasteiger partial charge is 0.348 e. The smallest absolute Gasteiger partial charge is 0.266 e. The number of thioether (sulfide) groups is 1. The molecule has 134 valence electrons. The van der Waals surface area contributed by atoms with Gasteiger partial charge in [0.25, 0.3) is 5.56 Å². The van der Waals surface area contributed by atoms with E-state index in [0.717, 1.165) is 17.7 Å². The molecule has 1 heterocycles. The predicted molar refractivity (Wildman–Crippen MR) is 106 cm³/mol. The molecule has 0 spiro atoms. The van der Waals surface area contributed by atoms with E-state index in [-0.39, 0.29) is 17.2 Å². The number of aryl methyl sites for hydroxylation is 1. The summed E-state index contributed by atoms with van der Waals surface area (Å²) in [6.07, 6.45) is 0.802. The van der Waals surface area contributed by atoms with Gasteiger partial charge in [-0.25, -0.2) is 4.98 Å². The van der Waals surface area contributed by atoms with Crippen molar-refractivity contribution >= 4 is 28.6 Å². The summed E-state index contributed by atoms with van der Waals surface area (Å²) >= 11 is 1.29. The molecule has 0 atom stereocenters. The molecule has 5 nitrogen and oxygen atoms in total. The monoisotopic (exact) mass is 367 g/mol. The number of nitrogens with zero attached hydrogens (tertiary/aromatic N) is 3. The number of fused-ring (bicyclic) bond motifs is 1. The number of hydrogen-bond donors (Lipinski definition) is 0. The van der Waals surface area contributed by atoms with E-state index in [0.29, 0.717) is 16.1 Å². The molecule has 0 aliphatic carbocycles. The molecule has 0 unspecified atom stereocenters. The SMILES string of the molecule is CCc1ccccc1-n1c(SCC(=O)N(C)C)nc2ccccc2c1=O. The second kappa shape index (κ2) is 7.74. The normalized spacial score (nSPS) is 10.9. The highest BCUT2D eigenvalue weighted by atomic mass is 32.2. The van der Waals surface area contributed by atoms with Gasteiger partial charge >= 0.3 is 0 Å². The lowest BCUT2D eigenvalue weighted by molar-refractivity contribution is -0.125. The van der Waals surface area contributed by atoms with Crippen LogP contribution in [0.2, 0.25) is 0 Å². The number of hydrogen-bond acceptors (Lipinski definition) is 4. The van der Waals surface area contributed by atoms with E-state index < -0.39 is 0 Å². The van der Waals surface area contributed by atoms with Crippen LogP contribution >= 0.6 is 11.8 Å². The maximum absolute atomic E-state index is 13.2. The second-order valence-corrected chi connectivity index (χ2v) is 7.05. The Kier molecular flexibility index (Phi) is 5.42. The van der Waals surface area contributed by atoms with E-state index in [2.05, 4.69) is 11.9 Å². The molecule has 3 aromatic rings. The first-order chi connectivity index (χ1) is 12.5. The van der Waals surface area contributed by atoms with Crippen molar-refractivity contribution < 1.29 is 4.79 Å². The molecule has 1 amide bonds. The Morgan fingerprint density at radius 2 is 1.81 bits per heavy atom. The van der Waals surface area contributed by atoms with Crippen LogP contribution in [-0.2, 0) is 11.2 Å². The van der Waals surface area contributed by atoms with E-state index in [1.54, 1.807) is 24.7 Å². The highest BCUT2D eigenvalue weighted by Crippen LogP contribution is 2.23. The molecule has 0 aliphatic heterocycles. The molecule has 3 rings (SSSR count). The van der Waals surface area contributed by atoms with Gasteiger partial charge in [-0.05, 0) is 30.2 Å². The van der Waals surface area contributed by atoms with Crippen LogP contribution in [0.4, 0.5) is 0 Å². The van der Waals surface area contributed by atoms with E-state index in [9.17, 15) is 9.59 Å². The van der Waals surface area contributed by atoms with Crippen LogP contribution in [0, 0.1) is 0 Å². The Hall–Kier alpha value is -2.60. The molecule has 0 N–H and O–H groups in total. The average molecular weight is 367 g/mol. The maximum atomic E-state index is 13.2. The summed E-state index contributed by atoms with van der Waals surface area (Å²) in [4.78, 5) is 31.4. The van der Waals surface area contributed by atoms with Crippen molar-refractivity contribution in [1.29, 1.82) is 0 Å². The minimum absolute atomic E-state index is 0.0206. The number of carbonyl (C=O) groups is 1. The molecule has 1 aromatic heterocycles. The summed E-state index contributed by atoms with van der Waals surface area (Å²) in [5.74, 6) is 0.208. The average Bonchev–Trinajstić information content (AvgIpc) is 2.66. The zero-order chi connectivity index (χ0) is 18.7. The molecule has 0 radical (unpaired) electrons. The molecule has 0 bridgehead atoms. The van der Waals surface area contributed by atoms with Gasteiger partial charge in [0.05, 0.1) is 22.3 Å². The van der Waals surface area contributed by atoms with E-state index in [1.165, 1.54) is 16.7 Å². The topological polar surface area (TPSA) is 55.2 Å². The third-order valence-electron chi connectivity index (χ3n) is 4.18. The second-order valence-electron chi connectivity index (χ2n) is 6.11. The van der Waals surface area contributed by atoms with Gasteiger partial charge in [-0.3, -0.25) is 14.2 Å². The van der Waals surface area contributed by atoms with Crippen LogP contribution in [0.15, 0.2) is 58.5 Å². The Morgan fingerprint density at radius 1 is 1.12 bits per heavy atom. The van der Waals surface area contributed by atoms with Gasteiger partial charge in [-0.1, -0.05) is 49.0 Å². The fourth-order valence-electron chi connectivity index (χ4n) is 2.70. The molecule has 6 heteroatoms. The fourth-order valence-corrected chi connectivity index (χ4v) is 3.69.